The Bertz CT molecular complexity index is 403. The molecular formula is C15H21NO3. The van der Waals surface area contributed by atoms with Gasteiger partial charge in [0.05, 0.1) is 0 Å². The summed E-state index contributed by atoms with van der Waals surface area (Å²) in [6.07, 6.45) is 4.46. The molecule has 0 radical (unpaired) electrons. The molecule has 0 aliphatic carbocycles. The number of amides is 1. The molecule has 104 valence electrons. The van der Waals surface area contributed by atoms with Gasteiger partial charge >= 0.3 is 5.97 Å². The average Bonchev–Trinajstić information content (AvgIpc) is 2.41. The largest absolute Gasteiger partial charge is 0.480 e. The number of carbonyl (C=O) groups is 2. The first-order valence-corrected chi connectivity index (χ1v) is 6.72. The molecule has 1 aromatic carbocycles. The van der Waals surface area contributed by atoms with Crippen molar-refractivity contribution in [3.05, 3.63) is 30.3 Å². The highest BCUT2D eigenvalue weighted by Crippen LogP contribution is 2.15. The lowest BCUT2D eigenvalue weighted by Crippen LogP contribution is -2.35. The smallest absolute Gasteiger partial charge is 0.323 e. The van der Waals surface area contributed by atoms with Crippen LogP contribution < -0.4 is 4.90 Å². The maximum absolute atomic E-state index is 12.1. The lowest BCUT2D eigenvalue weighted by molar-refractivity contribution is -0.136. The number of nitrogens with zero attached hydrogens (tertiary/aromatic N) is 1. The molecule has 0 unspecified atom stereocenters. The topological polar surface area (TPSA) is 57.6 Å². The highest BCUT2D eigenvalue weighted by atomic mass is 16.4. The van der Waals surface area contributed by atoms with E-state index in [1.54, 1.807) is 24.3 Å². The Morgan fingerprint density at radius 3 is 2.37 bits per heavy atom. The van der Waals surface area contributed by atoms with Crippen LogP contribution >= 0.6 is 0 Å². The summed E-state index contributed by atoms with van der Waals surface area (Å²) in [4.78, 5) is 24.3. The van der Waals surface area contributed by atoms with Crippen LogP contribution in [0.2, 0.25) is 0 Å². The van der Waals surface area contributed by atoms with Crippen LogP contribution in [-0.2, 0) is 9.59 Å². The van der Waals surface area contributed by atoms with E-state index in [1.807, 2.05) is 6.07 Å². The summed E-state index contributed by atoms with van der Waals surface area (Å²) in [5.41, 5.74) is 0.644. The van der Waals surface area contributed by atoms with Gasteiger partial charge < -0.3 is 10.0 Å². The van der Waals surface area contributed by atoms with Crippen molar-refractivity contribution in [3.8, 4) is 0 Å². The third-order valence-electron chi connectivity index (χ3n) is 2.91. The lowest BCUT2D eigenvalue weighted by Gasteiger charge is -2.20. The molecular weight excluding hydrogens is 242 g/mol. The Morgan fingerprint density at radius 1 is 1.11 bits per heavy atom. The summed E-state index contributed by atoms with van der Waals surface area (Å²) < 4.78 is 0. The molecule has 0 atom stereocenters. The Morgan fingerprint density at radius 2 is 1.79 bits per heavy atom. The van der Waals surface area contributed by atoms with Gasteiger partial charge in [-0.15, -0.1) is 0 Å². The van der Waals surface area contributed by atoms with Crippen LogP contribution in [-0.4, -0.2) is 23.5 Å². The molecule has 0 aliphatic rings. The van der Waals surface area contributed by atoms with Gasteiger partial charge in [-0.25, -0.2) is 0 Å². The number of carbonyl (C=O) groups excluding carboxylic acids is 1. The molecule has 1 rings (SSSR count). The van der Waals surface area contributed by atoms with Crippen molar-refractivity contribution in [1.82, 2.24) is 0 Å². The average molecular weight is 263 g/mol. The van der Waals surface area contributed by atoms with E-state index in [2.05, 4.69) is 6.92 Å². The zero-order valence-corrected chi connectivity index (χ0v) is 11.3. The summed E-state index contributed by atoms with van der Waals surface area (Å²) >= 11 is 0. The van der Waals surface area contributed by atoms with Crippen LogP contribution in [0.15, 0.2) is 30.3 Å². The summed E-state index contributed by atoms with van der Waals surface area (Å²) in [5, 5.41) is 8.91. The lowest BCUT2D eigenvalue weighted by atomic mass is 10.1. The summed E-state index contributed by atoms with van der Waals surface area (Å²) in [6.45, 7) is 1.83. The van der Waals surface area contributed by atoms with Crippen LogP contribution in [0.1, 0.15) is 39.0 Å². The number of rotatable bonds is 8. The summed E-state index contributed by atoms with van der Waals surface area (Å²) in [5.74, 6) is -1.12. The van der Waals surface area contributed by atoms with Gasteiger partial charge in [0.2, 0.25) is 5.91 Å². The van der Waals surface area contributed by atoms with Crippen LogP contribution in [0.25, 0.3) is 0 Å². The second-order valence-corrected chi connectivity index (χ2v) is 4.52. The normalized spacial score (nSPS) is 10.2. The number of unbranched alkanes of at least 4 members (excludes halogenated alkanes) is 3. The predicted molar refractivity (Wildman–Crippen MR) is 75.2 cm³/mol. The molecule has 4 nitrogen and oxygen atoms in total. The Labute approximate surface area is 114 Å². The standard InChI is InChI=1S/C15H21NO3/c1-2-3-4-8-11-14(17)16(12-15(18)19)13-9-6-5-7-10-13/h5-7,9-10H,2-4,8,11-12H2,1H3,(H,18,19). The Hall–Kier alpha value is -1.84. The minimum absolute atomic E-state index is 0.121. The van der Waals surface area contributed by atoms with Gasteiger partial charge in [-0.1, -0.05) is 44.4 Å². The predicted octanol–water partition coefficient (Wildman–Crippen LogP) is 3.07. The van der Waals surface area contributed by atoms with E-state index in [0.717, 1.165) is 25.7 Å². The van der Waals surface area contributed by atoms with E-state index in [9.17, 15) is 9.59 Å². The van der Waals surface area contributed by atoms with Crippen molar-refractivity contribution in [3.63, 3.8) is 0 Å². The van der Waals surface area contributed by atoms with Crippen LogP contribution in [0, 0.1) is 0 Å². The number of aliphatic carboxylic acids is 1. The fourth-order valence-corrected chi connectivity index (χ4v) is 1.90. The number of para-hydroxylation sites is 1. The molecule has 0 saturated heterocycles. The van der Waals surface area contributed by atoms with Crippen molar-refractivity contribution >= 4 is 17.6 Å². The van der Waals surface area contributed by atoms with E-state index in [-0.39, 0.29) is 12.5 Å². The summed E-state index contributed by atoms with van der Waals surface area (Å²) in [7, 11) is 0. The maximum Gasteiger partial charge on any atom is 0.323 e. The van der Waals surface area contributed by atoms with E-state index in [1.165, 1.54) is 4.90 Å². The van der Waals surface area contributed by atoms with Gasteiger partial charge in [-0.3, -0.25) is 9.59 Å². The molecule has 0 bridgehead atoms. The number of hydrogen-bond acceptors (Lipinski definition) is 2. The first-order chi connectivity index (χ1) is 9.15. The zero-order chi connectivity index (χ0) is 14.1. The van der Waals surface area contributed by atoms with Crippen LogP contribution in [0.5, 0.6) is 0 Å². The quantitative estimate of drug-likeness (QED) is 0.733. The minimum atomic E-state index is -0.995. The number of carboxylic acid groups (broad SMARTS) is 1. The molecule has 0 spiro atoms. The fraction of sp³-hybridized carbons (Fsp3) is 0.467. The fourth-order valence-electron chi connectivity index (χ4n) is 1.90. The minimum Gasteiger partial charge on any atom is -0.480 e. The third kappa shape index (κ3) is 5.55. The number of carboxylic acids is 1. The third-order valence-corrected chi connectivity index (χ3v) is 2.91. The first-order valence-electron chi connectivity index (χ1n) is 6.72. The molecule has 0 fully saturated rings. The van der Waals surface area contributed by atoms with Gasteiger partial charge in [0.25, 0.3) is 0 Å². The van der Waals surface area contributed by atoms with Gasteiger partial charge in [0.1, 0.15) is 6.54 Å². The van der Waals surface area contributed by atoms with E-state index in [0.29, 0.717) is 12.1 Å². The van der Waals surface area contributed by atoms with Crippen LogP contribution in [0.3, 0.4) is 0 Å². The number of benzene rings is 1. The zero-order valence-electron chi connectivity index (χ0n) is 11.3. The highest BCUT2D eigenvalue weighted by molar-refractivity contribution is 5.97. The van der Waals surface area contributed by atoms with Crippen molar-refractivity contribution in [2.75, 3.05) is 11.4 Å². The van der Waals surface area contributed by atoms with E-state index < -0.39 is 5.97 Å². The molecule has 19 heavy (non-hydrogen) atoms. The number of hydrogen-bond donors (Lipinski definition) is 1. The van der Waals surface area contributed by atoms with E-state index >= 15 is 0 Å². The second-order valence-electron chi connectivity index (χ2n) is 4.52. The molecule has 1 N–H and O–H groups in total. The van der Waals surface area contributed by atoms with Gasteiger partial charge in [0, 0.05) is 12.1 Å². The second kappa shape index (κ2) is 8.29. The van der Waals surface area contributed by atoms with Gasteiger partial charge in [-0.05, 0) is 18.6 Å². The molecule has 1 amide bonds. The van der Waals surface area contributed by atoms with Crippen molar-refractivity contribution in [1.29, 1.82) is 0 Å². The molecule has 0 heterocycles. The highest BCUT2D eigenvalue weighted by Gasteiger charge is 2.17. The Balaban J connectivity index is 2.63. The molecule has 0 aromatic heterocycles. The monoisotopic (exact) mass is 263 g/mol. The summed E-state index contributed by atoms with van der Waals surface area (Å²) in [6, 6.07) is 8.96. The first kappa shape index (κ1) is 15.2. The maximum atomic E-state index is 12.1. The SMILES string of the molecule is CCCCCCC(=O)N(CC(=O)O)c1ccccc1. The van der Waals surface area contributed by atoms with Crippen molar-refractivity contribution < 1.29 is 14.7 Å². The van der Waals surface area contributed by atoms with E-state index in [4.69, 9.17) is 5.11 Å². The molecule has 1 aromatic rings. The van der Waals surface area contributed by atoms with Gasteiger partial charge in [0.15, 0.2) is 0 Å². The van der Waals surface area contributed by atoms with Crippen molar-refractivity contribution in [2.24, 2.45) is 0 Å². The van der Waals surface area contributed by atoms with Gasteiger partial charge in [-0.2, -0.15) is 0 Å². The molecule has 4 heteroatoms. The number of anilines is 1. The Kier molecular flexibility index (Phi) is 6.64. The molecule has 0 saturated carbocycles. The molecule has 0 aliphatic heterocycles. The van der Waals surface area contributed by atoms with Crippen LogP contribution in [0.4, 0.5) is 5.69 Å². The van der Waals surface area contributed by atoms with Crippen molar-refractivity contribution in [2.45, 2.75) is 39.0 Å².